The van der Waals surface area contributed by atoms with E-state index in [1.54, 1.807) is 46.8 Å². The van der Waals surface area contributed by atoms with Gasteiger partial charge in [0.15, 0.2) is 0 Å². The van der Waals surface area contributed by atoms with Crippen molar-refractivity contribution in [1.29, 1.82) is 0 Å². The van der Waals surface area contributed by atoms with E-state index in [2.05, 4.69) is 26.6 Å². The Morgan fingerprint density at radius 3 is 1.54 bits per heavy atom. The summed E-state index contributed by atoms with van der Waals surface area (Å²) in [5.74, 6) is -6.18. The molecule has 16 nitrogen and oxygen atoms in total. The van der Waals surface area contributed by atoms with Crippen LogP contribution in [-0.4, -0.2) is 83.9 Å². The lowest BCUT2D eigenvalue weighted by molar-refractivity contribution is -0.136. The number of rotatable bonds is 24. The number of benzene rings is 1. The van der Waals surface area contributed by atoms with Crippen LogP contribution in [0.3, 0.4) is 0 Å². The first-order valence-electron chi connectivity index (χ1n) is 17.8. The van der Waals surface area contributed by atoms with Crippen molar-refractivity contribution in [2.45, 2.75) is 123 Å². The van der Waals surface area contributed by atoms with E-state index >= 15 is 0 Å². The summed E-state index contributed by atoms with van der Waals surface area (Å²) in [5.41, 5.74) is 17.5. The van der Waals surface area contributed by atoms with Crippen molar-refractivity contribution in [2.75, 3.05) is 0 Å². The molecular weight excluding hydrogens is 672 g/mol. The molecule has 1 aromatic carbocycles. The highest BCUT2D eigenvalue weighted by molar-refractivity contribution is 5.96. The van der Waals surface area contributed by atoms with E-state index in [9.17, 15) is 38.4 Å². The Hall–Kier alpha value is -4.86. The molecule has 52 heavy (non-hydrogen) atoms. The number of nitrogens with one attached hydrogen (secondary N) is 5. The third-order valence-electron chi connectivity index (χ3n) is 9.02. The van der Waals surface area contributed by atoms with Crippen molar-refractivity contribution >= 4 is 47.6 Å². The average Bonchev–Trinajstić information content (AvgIpc) is 3.11. The van der Waals surface area contributed by atoms with Crippen LogP contribution in [0.2, 0.25) is 0 Å². The molecule has 0 aliphatic heterocycles. The molecular formula is C36H58N8O8. The van der Waals surface area contributed by atoms with Crippen molar-refractivity contribution < 1.29 is 38.4 Å². The van der Waals surface area contributed by atoms with Gasteiger partial charge in [-0.1, -0.05) is 84.7 Å². The molecule has 0 unspecified atom stereocenters. The number of amides is 7. The molecule has 11 N–H and O–H groups in total. The molecule has 0 aromatic heterocycles. The first-order chi connectivity index (χ1) is 24.4. The number of carbonyl (C=O) groups excluding carboxylic acids is 8. The molecule has 0 radical (unpaired) electrons. The molecule has 0 aliphatic carbocycles. The van der Waals surface area contributed by atoms with Crippen LogP contribution in [0.4, 0.5) is 0 Å². The van der Waals surface area contributed by atoms with Gasteiger partial charge in [0.05, 0.1) is 12.1 Å². The van der Waals surface area contributed by atoms with Crippen molar-refractivity contribution in [1.82, 2.24) is 26.6 Å². The number of primary amides is 2. The van der Waals surface area contributed by atoms with Crippen LogP contribution in [0.25, 0.3) is 0 Å². The molecule has 16 heteroatoms. The van der Waals surface area contributed by atoms with E-state index in [0.29, 0.717) is 19.1 Å². The first-order valence-corrected chi connectivity index (χ1v) is 17.8. The Bertz CT molecular complexity index is 1380. The summed E-state index contributed by atoms with van der Waals surface area (Å²) >= 11 is 0. The number of nitrogens with two attached hydrogens (primary N) is 3. The van der Waals surface area contributed by atoms with E-state index in [-0.39, 0.29) is 38.0 Å². The molecule has 0 saturated carbocycles. The van der Waals surface area contributed by atoms with Crippen LogP contribution >= 0.6 is 0 Å². The van der Waals surface area contributed by atoms with E-state index in [4.69, 9.17) is 17.2 Å². The predicted molar refractivity (Wildman–Crippen MR) is 194 cm³/mol. The molecule has 7 amide bonds. The summed E-state index contributed by atoms with van der Waals surface area (Å²) in [6, 6.07) is 2.28. The predicted octanol–water partition coefficient (Wildman–Crippen LogP) is -0.542. The van der Waals surface area contributed by atoms with Gasteiger partial charge in [0.25, 0.3) is 0 Å². The SMILES string of the molecule is CC[C@H](C)[C@H](N)C(=O)N[C@@H](CCC(N)=O)C(=O)N[C@H](C(=O)N[C@H](CCC(N)=O)C(=O)N[C@H](C(=O)N[C@H](C=O)Cc1ccccc1)C(C)C)[C@@H](C)CC. The van der Waals surface area contributed by atoms with Gasteiger partial charge < -0.3 is 48.6 Å². The van der Waals surface area contributed by atoms with Gasteiger partial charge in [0.2, 0.25) is 41.4 Å². The highest BCUT2D eigenvalue weighted by atomic mass is 16.2. The lowest BCUT2D eigenvalue weighted by Gasteiger charge is -2.30. The van der Waals surface area contributed by atoms with Gasteiger partial charge in [0, 0.05) is 12.8 Å². The zero-order valence-corrected chi connectivity index (χ0v) is 31.1. The van der Waals surface area contributed by atoms with Crippen molar-refractivity contribution in [3.63, 3.8) is 0 Å². The first kappa shape index (κ1) is 45.2. The normalized spacial score (nSPS) is 15.7. The van der Waals surface area contributed by atoms with Crippen LogP contribution in [0.15, 0.2) is 30.3 Å². The number of carbonyl (C=O) groups is 8. The van der Waals surface area contributed by atoms with E-state index in [1.807, 2.05) is 25.1 Å². The largest absolute Gasteiger partial charge is 0.370 e. The number of hydrogen-bond acceptors (Lipinski definition) is 9. The maximum atomic E-state index is 13.8. The van der Waals surface area contributed by atoms with Crippen LogP contribution < -0.4 is 43.8 Å². The summed E-state index contributed by atoms with van der Waals surface area (Å²) in [4.78, 5) is 102. The maximum Gasteiger partial charge on any atom is 0.243 e. The monoisotopic (exact) mass is 730 g/mol. The Balaban J connectivity index is 3.25. The minimum atomic E-state index is -1.36. The highest BCUT2D eigenvalue weighted by Crippen LogP contribution is 2.13. The van der Waals surface area contributed by atoms with Crippen molar-refractivity contribution in [3.05, 3.63) is 35.9 Å². The van der Waals surface area contributed by atoms with E-state index < -0.39 is 89.4 Å². The molecule has 1 aromatic rings. The fourth-order valence-corrected chi connectivity index (χ4v) is 5.17. The summed E-state index contributed by atoms with van der Waals surface area (Å²) in [7, 11) is 0. The zero-order chi connectivity index (χ0) is 39.5. The Kier molecular flexibility index (Phi) is 19.8. The molecule has 8 atom stereocenters. The molecule has 0 saturated heterocycles. The summed E-state index contributed by atoms with van der Waals surface area (Å²) in [6.45, 7) is 10.5. The topological polar surface area (TPSA) is 275 Å². The van der Waals surface area contributed by atoms with Gasteiger partial charge in [-0.25, -0.2) is 0 Å². The van der Waals surface area contributed by atoms with Gasteiger partial charge in [-0.05, 0) is 42.6 Å². The van der Waals surface area contributed by atoms with Gasteiger partial charge in [-0.15, -0.1) is 0 Å². The number of hydrogen-bond donors (Lipinski definition) is 8. The molecule has 0 aliphatic rings. The Morgan fingerprint density at radius 2 is 1.10 bits per heavy atom. The minimum absolute atomic E-state index is 0.159. The summed E-state index contributed by atoms with van der Waals surface area (Å²) < 4.78 is 0. The second-order valence-electron chi connectivity index (χ2n) is 13.6. The third-order valence-corrected chi connectivity index (χ3v) is 9.02. The fourth-order valence-electron chi connectivity index (χ4n) is 5.17. The molecule has 0 heterocycles. The smallest absolute Gasteiger partial charge is 0.243 e. The van der Waals surface area contributed by atoms with Gasteiger partial charge in [-0.2, -0.15) is 0 Å². The lowest BCUT2D eigenvalue weighted by atomic mass is 9.96. The molecule has 290 valence electrons. The second kappa shape index (κ2) is 22.9. The standard InChI is InChI=1S/C36H58N8O8/c1-7-21(5)29(39)34(50)41-25(14-16-27(37)46)33(49)44-31(22(6)8-2)36(52)42-26(15-17-28(38)47)32(48)43-30(20(3)4)35(51)40-24(19-45)18-23-12-10-9-11-13-23/h9-13,19-22,24-26,29-31H,7-8,14-18,39H2,1-6H3,(H2,37,46)(H2,38,47)(H,40,51)(H,41,50)(H,42,52)(H,43,48)(H,44,49)/t21-,22-,24-,25-,26+,29-,30-,31-/m0/s1. The minimum Gasteiger partial charge on any atom is -0.370 e. The van der Waals surface area contributed by atoms with Crippen LogP contribution in [-0.2, 0) is 44.8 Å². The molecule has 0 spiro atoms. The van der Waals surface area contributed by atoms with E-state index in [1.165, 1.54) is 0 Å². The van der Waals surface area contributed by atoms with Crippen LogP contribution in [0.1, 0.15) is 85.6 Å². The molecule has 0 bridgehead atoms. The molecule has 1 rings (SSSR count). The van der Waals surface area contributed by atoms with Crippen molar-refractivity contribution in [3.8, 4) is 0 Å². The maximum absolute atomic E-state index is 13.8. The Morgan fingerprint density at radius 1 is 0.635 bits per heavy atom. The van der Waals surface area contributed by atoms with Gasteiger partial charge >= 0.3 is 0 Å². The number of aldehydes is 1. The zero-order valence-electron chi connectivity index (χ0n) is 31.1. The fraction of sp³-hybridized carbons (Fsp3) is 0.611. The quantitative estimate of drug-likeness (QED) is 0.0634. The lowest BCUT2D eigenvalue weighted by Crippen LogP contribution is -2.61. The van der Waals surface area contributed by atoms with E-state index in [0.717, 1.165) is 5.56 Å². The average molecular weight is 731 g/mol. The van der Waals surface area contributed by atoms with Gasteiger partial charge in [0.1, 0.15) is 30.5 Å². The summed E-state index contributed by atoms with van der Waals surface area (Å²) in [6.07, 6.45) is 0.924. The highest BCUT2D eigenvalue weighted by Gasteiger charge is 2.35. The van der Waals surface area contributed by atoms with Crippen LogP contribution in [0.5, 0.6) is 0 Å². The second-order valence-corrected chi connectivity index (χ2v) is 13.6. The Labute approximate surface area is 305 Å². The summed E-state index contributed by atoms with van der Waals surface area (Å²) in [5, 5.41) is 13.1. The molecule has 0 fully saturated rings. The van der Waals surface area contributed by atoms with Crippen molar-refractivity contribution in [2.24, 2.45) is 35.0 Å². The van der Waals surface area contributed by atoms with Gasteiger partial charge in [-0.3, -0.25) is 33.6 Å². The third kappa shape index (κ3) is 15.6. The van der Waals surface area contributed by atoms with Crippen LogP contribution in [0, 0.1) is 17.8 Å².